The first-order valence-corrected chi connectivity index (χ1v) is 9.28. The maximum Gasteiger partial charge on any atom is 0.453 e. The summed E-state index contributed by atoms with van der Waals surface area (Å²) in [7, 11) is 1.56. The number of aliphatic hydroxyl groups is 1. The van der Waals surface area contributed by atoms with Gasteiger partial charge in [0, 0.05) is 12.6 Å². The lowest BCUT2D eigenvalue weighted by molar-refractivity contribution is -0.194. The Morgan fingerprint density at radius 1 is 1.10 bits per heavy atom. The maximum absolute atomic E-state index is 11.3. The van der Waals surface area contributed by atoms with Crippen LogP contribution in [0.2, 0.25) is 0 Å². The first kappa shape index (κ1) is 21.4. The Morgan fingerprint density at radius 3 is 2.47 bits per heavy atom. The van der Waals surface area contributed by atoms with Gasteiger partial charge in [0.05, 0.1) is 13.2 Å². The summed E-state index contributed by atoms with van der Waals surface area (Å²) >= 11 is 0. The van der Waals surface area contributed by atoms with E-state index in [2.05, 4.69) is 5.32 Å². The average Bonchev–Trinajstić information content (AvgIpc) is 3.12. The summed E-state index contributed by atoms with van der Waals surface area (Å²) in [6, 6.07) is 11.9. The third-order valence-electron chi connectivity index (χ3n) is 4.76. The van der Waals surface area contributed by atoms with Crippen molar-refractivity contribution in [3.05, 3.63) is 53.6 Å². The summed E-state index contributed by atoms with van der Waals surface area (Å²) in [6.45, 7) is 2.25. The second-order valence-corrected chi connectivity index (χ2v) is 7.02. The van der Waals surface area contributed by atoms with Crippen molar-refractivity contribution in [2.45, 2.75) is 31.3 Å². The molecule has 0 saturated heterocycles. The smallest absolute Gasteiger partial charge is 0.453 e. The summed E-state index contributed by atoms with van der Waals surface area (Å²) in [6.07, 6.45) is -0.180. The molecule has 0 aliphatic carbocycles. The van der Waals surface area contributed by atoms with Crippen molar-refractivity contribution in [3.8, 4) is 17.2 Å². The first-order valence-electron chi connectivity index (χ1n) is 9.28. The van der Waals surface area contributed by atoms with Crippen LogP contribution in [0.25, 0.3) is 0 Å². The molecule has 4 N–H and O–H groups in total. The standard InChI is InChI=1S/C21H23NO8/c1-12(22-11-16(23)14-4-3-5-15(10-14)28-2)8-13-6-7-17-18(9-13)30-21(29-17,19(24)25)20(26)27/h3-7,9-10,12,16,22-23H,8,11H2,1-2H3,(H,24,25)(H,26,27). The molecule has 0 radical (unpaired) electrons. The number of fused-ring (bicyclic) bond motifs is 1. The Balaban J connectivity index is 1.60. The lowest BCUT2D eigenvalue weighted by atomic mass is 10.1. The van der Waals surface area contributed by atoms with E-state index in [1.165, 1.54) is 6.07 Å². The molecular formula is C21H23NO8. The highest BCUT2D eigenvalue weighted by molar-refractivity contribution is 6.01. The van der Waals surface area contributed by atoms with Gasteiger partial charge in [0.1, 0.15) is 5.75 Å². The number of carbonyl (C=O) groups is 2. The highest BCUT2D eigenvalue weighted by Gasteiger charge is 2.57. The van der Waals surface area contributed by atoms with Crippen LogP contribution in [0.3, 0.4) is 0 Å². The molecule has 1 heterocycles. The molecule has 160 valence electrons. The Morgan fingerprint density at radius 2 is 1.80 bits per heavy atom. The minimum absolute atomic E-state index is 0.0330. The molecule has 0 bridgehead atoms. The van der Waals surface area contributed by atoms with E-state index in [0.29, 0.717) is 18.7 Å². The summed E-state index contributed by atoms with van der Waals surface area (Å²) in [5.74, 6) is -5.48. The molecule has 2 unspecified atom stereocenters. The van der Waals surface area contributed by atoms with E-state index in [-0.39, 0.29) is 17.5 Å². The monoisotopic (exact) mass is 417 g/mol. The SMILES string of the molecule is COc1cccc(C(O)CNC(C)Cc2ccc3c(c2)OC(C(=O)O)(C(=O)O)O3)c1. The van der Waals surface area contributed by atoms with Crippen LogP contribution in [-0.4, -0.2) is 52.7 Å². The average molecular weight is 417 g/mol. The zero-order valence-electron chi connectivity index (χ0n) is 16.5. The molecule has 1 aliphatic heterocycles. The second kappa shape index (κ2) is 8.60. The van der Waals surface area contributed by atoms with E-state index in [9.17, 15) is 24.9 Å². The Labute approximate surface area is 172 Å². The van der Waals surface area contributed by atoms with E-state index < -0.39 is 23.8 Å². The Bertz CT molecular complexity index is 930. The fourth-order valence-corrected chi connectivity index (χ4v) is 3.15. The molecule has 0 amide bonds. The minimum atomic E-state index is -2.77. The normalized spacial score (nSPS) is 16.0. The molecule has 0 saturated carbocycles. The molecule has 2 aromatic rings. The Kier molecular flexibility index (Phi) is 6.14. The number of carboxylic acids is 2. The van der Waals surface area contributed by atoms with Gasteiger partial charge in [-0.1, -0.05) is 18.2 Å². The molecule has 9 heteroatoms. The molecule has 0 fully saturated rings. The number of hydrogen-bond acceptors (Lipinski definition) is 7. The van der Waals surface area contributed by atoms with Crippen LogP contribution in [0.4, 0.5) is 0 Å². The van der Waals surface area contributed by atoms with Gasteiger partial charge < -0.3 is 34.8 Å². The molecule has 9 nitrogen and oxygen atoms in total. The van der Waals surface area contributed by atoms with Crippen LogP contribution in [0.15, 0.2) is 42.5 Å². The summed E-state index contributed by atoms with van der Waals surface area (Å²) in [5.41, 5.74) is 1.52. The van der Waals surface area contributed by atoms with Crippen molar-refractivity contribution in [3.63, 3.8) is 0 Å². The summed E-state index contributed by atoms with van der Waals surface area (Å²) < 4.78 is 15.3. The third-order valence-corrected chi connectivity index (χ3v) is 4.76. The van der Waals surface area contributed by atoms with Gasteiger partial charge >= 0.3 is 17.7 Å². The van der Waals surface area contributed by atoms with Gasteiger partial charge in [0.15, 0.2) is 11.5 Å². The van der Waals surface area contributed by atoms with Crippen molar-refractivity contribution in [1.82, 2.24) is 5.32 Å². The number of ether oxygens (including phenoxy) is 3. The van der Waals surface area contributed by atoms with Crippen LogP contribution in [0, 0.1) is 0 Å². The predicted octanol–water partition coefficient (Wildman–Crippen LogP) is 1.59. The van der Waals surface area contributed by atoms with Gasteiger partial charge in [-0.25, -0.2) is 9.59 Å². The number of methoxy groups -OCH3 is 1. The number of rotatable bonds is 9. The van der Waals surface area contributed by atoms with Crippen LogP contribution in [0.5, 0.6) is 17.2 Å². The molecule has 2 atom stereocenters. The fourth-order valence-electron chi connectivity index (χ4n) is 3.15. The van der Waals surface area contributed by atoms with E-state index in [1.54, 1.807) is 31.4 Å². The van der Waals surface area contributed by atoms with Gasteiger partial charge in [-0.3, -0.25) is 0 Å². The van der Waals surface area contributed by atoms with Gasteiger partial charge in [-0.2, -0.15) is 0 Å². The van der Waals surface area contributed by atoms with Crippen molar-refractivity contribution in [2.75, 3.05) is 13.7 Å². The van der Waals surface area contributed by atoms with Crippen molar-refractivity contribution in [1.29, 1.82) is 0 Å². The maximum atomic E-state index is 11.3. The summed E-state index contributed by atoms with van der Waals surface area (Å²) in [4.78, 5) is 22.7. The highest BCUT2D eigenvalue weighted by Crippen LogP contribution is 2.40. The lowest BCUT2D eigenvalue weighted by Gasteiger charge is -2.18. The predicted molar refractivity (Wildman–Crippen MR) is 105 cm³/mol. The van der Waals surface area contributed by atoms with Gasteiger partial charge in [-0.05, 0) is 48.7 Å². The second-order valence-electron chi connectivity index (χ2n) is 7.02. The molecule has 3 rings (SSSR count). The number of hydrogen-bond donors (Lipinski definition) is 4. The summed E-state index contributed by atoms with van der Waals surface area (Å²) in [5, 5.41) is 32.0. The van der Waals surface area contributed by atoms with Gasteiger partial charge in [0.25, 0.3) is 0 Å². The number of benzene rings is 2. The van der Waals surface area contributed by atoms with E-state index in [4.69, 9.17) is 14.2 Å². The third kappa shape index (κ3) is 4.32. The number of carboxylic acid groups (broad SMARTS) is 2. The van der Waals surface area contributed by atoms with Crippen LogP contribution in [-0.2, 0) is 16.0 Å². The van der Waals surface area contributed by atoms with Gasteiger partial charge in [0.2, 0.25) is 0 Å². The minimum Gasteiger partial charge on any atom is -0.497 e. The largest absolute Gasteiger partial charge is 0.497 e. The van der Waals surface area contributed by atoms with Crippen LogP contribution in [0.1, 0.15) is 24.2 Å². The zero-order chi connectivity index (χ0) is 21.9. The quantitative estimate of drug-likeness (QED) is 0.449. The molecule has 1 aliphatic rings. The fraction of sp³-hybridized carbons (Fsp3) is 0.333. The lowest BCUT2D eigenvalue weighted by Crippen LogP contribution is -2.54. The number of aliphatic hydroxyl groups excluding tert-OH is 1. The van der Waals surface area contributed by atoms with E-state index in [0.717, 1.165) is 11.1 Å². The zero-order valence-corrected chi connectivity index (χ0v) is 16.5. The Hall–Kier alpha value is -3.30. The highest BCUT2D eigenvalue weighted by atomic mass is 16.8. The van der Waals surface area contributed by atoms with E-state index >= 15 is 0 Å². The van der Waals surface area contributed by atoms with E-state index in [1.807, 2.05) is 19.1 Å². The number of aliphatic carboxylic acids is 2. The molecule has 0 spiro atoms. The molecular weight excluding hydrogens is 394 g/mol. The van der Waals surface area contributed by atoms with Crippen molar-refractivity contribution in [2.24, 2.45) is 0 Å². The van der Waals surface area contributed by atoms with Crippen molar-refractivity contribution >= 4 is 11.9 Å². The molecule has 0 aromatic heterocycles. The number of nitrogens with one attached hydrogen (secondary N) is 1. The first-order chi connectivity index (χ1) is 14.2. The van der Waals surface area contributed by atoms with Crippen LogP contribution < -0.4 is 19.5 Å². The van der Waals surface area contributed by atoms with Crippen molar-refractivity contribution < 1.29 is 39.1 Å². The molecule has 30 heavy (non-hydrogen) atoms. The van der Waals surface area contributed by atoms with Gasteiger partial charge in [-0.15, -0.1) is 0 Å². The topological polar surface area (TPSA) is 135 Å². The van der Waals surface area contributed by atoms with Crippen LogP contribution >= 0.6 is 0 Å². The molecule has 2 aromatic carbocycles.